The molecular weight excluding hydrogens is 284 g/mol. The number of carbonyl (C=O) groups is 1. The summed E-state index contributed by atoms with van der Waals surface area (Å²) in [5.74, 6) is 0.665. The number of thioether (sulfide) groups is 1. The first kappa shape index (κ1) is 16.2. The van der Waals surface area contributed by atoms with Crippen molar-refractivity contribution in [1.82, 2.24) is 15.3 Å². The molecule has 1 aliphatic carbocycles. The van der Waals surface area contributed by atoms with Gasteiger partial charge in [-0.3, -0.25) is 4.79 Å². The number of amides is 1. The molecule has 1 aromatic rings. The fourth-order valence-electron chi connectivity index (χ4n) is 2.55. The van der Waals surface area contributed by atoms with Crippen molar-refractivity contribution in [3.05, 3.63) is 17.0 Å². The number of aryl methyl sites for hydroxylation is 2. The van der Waals surface area contributed by atoms with Crippen LogP contribution in [0.2, 0.25) is 0 Å². The van der Waals surface area contributed by atoms with Crippen molar-refractivity contribution < 1.29 is 4.79 Å². The van der Waals surface area contributed by atoms with Crippen LogP contribution in [0.1, 0.15) is 36.7 Å². The Morgan fingerprint density at radius 1 is 1.33 bits per heavy atom. The zero-order valence-electron chi connectivity index (χ0n) is 13.2. The lowest BCUT2D eigenvalue weighted by Crippen LogP contribution is -2.59. The van der Waals surface area contributed by atoms with Crippen LogP contribution in [0.4, 0.5) is 0 Å². The highest BCUT2D eigenvalue weighted by atomic mass is 32.2. The molecule has 1 heterocycles. The summed E-state index contributed by atoms with van der Waals surface area (Å²) in [4.78, 5) is 21.0. The van der Waals surface area contributed by atoms with Crippen LogP contribution in [0.25, 0.3) is 0 Å². The standard InChI is InChI=1S/C15H24N4OS/c1-5-17-15(13(16)20,12-6-7-12)8-21-14-18-10(3)9(2)11(4)19-14/h12,17H,5-8H2,1-4H3,(H2,16,20). The van der Waals surface area contributed by atoms with Gasteiger partial charge in [0, 0.05) is 17.1 Å². The van der Waals surface area contributed by atoms with Gasteiger partial charge >= 0.3 is 0 Å². The summed E-state index contributed by atoms with van der Waals surface area (Å²) in [7, 11) is 0. The summed E-state index contributed by atoms with van der Waals surface area (Å²) < 4.78 is 0. The van der Waals surface area contributed by atoms with E-state index in [1.165, 1.54) is 11.8 Å². The Labute approximate surface area is 130 Å². The maximum atomic E-state index is 12.0. The average molecular weight is 308 g/mol. The van der Waals surface area contributed by atoms with E-state index >= 15 is 0 Å². The summed E-state index contributed by atoms with van der Waals surface area (Å²) in [6.07, 6.45) is 2.12. The van der Waals surface area contributed by atoms with Gasteiger partial charge in [0.15, 0.2) is 5.16 Å². The predicted octanol–water partition coefficient (Wildman–Crippen LogP) is 1.74. The fourth-order valence-corrected chi connectivity index (χ4v) is 3.79. The molecule has 1 amide bonds. The third kappa shape index (κ3) is 3.37. The Morgan fingerprint density at radius 3 is 2.33 bits per heavy atom. The van der Waals surface area contributed by atoms with Crippen molar-refractivity contribution in [2.24, 2.45) is 11.7 Å². The van der Waals surface area contributed by atoms with Crippen molar-refractivity contribution in [3.63, 3.8) is 0 Å². The van der Waals surface area contributed by atoms with Gasteiger partial charge < -0.3 is 11.1 Å². The molecule has 5 nitrogen and oxygen atoms in total. The zero-order chi connectivity index (χ0) is 15.6. The molecule has 0 aromatic carbocycles. The lowest BCUT2D eigenvalue weighted by atomic mass is 9.94. The van der Waals surface area contributed by atoms with Crippen LogP contribution >= 0.6 is 11.8 Å². The molecule has 0 saturated heterocycles. The number of likely N-dealkylation sites (N-methyl/N-ethyl adjacent to an activating group) is 1. The van der Waals surface area contributed by atoms with E-state index in [-0.39, 0.29) is 5.91 Å². The number of nitrogens with two attached hydrogens (primary N) is 1. The van der Waals surface area contributed by atoms with Crippen LogP contribution in [-0.2, 0) is 4.79 Å². The van der Waals surface area contributed by atoms with Crippen molar-refractivity contribution in [1.29, 1.82) is 0 Å². The van der Waals surface area contributed by atoms with Gasteiger partial charge in [-0.05, 0) is 51.6 Å². The Hall–Kier alpha value is -1.14. The highest BCUT2D eigenvalue weighted by Gasteiger charge is 2.49. The maximum absolute atomic E-state index is 12.0. The third-order valence-corrected chi connectivity index (χ3v) is 5.29. The molecule has 1 aromatic heterocycles. The van der Waals surface area contributed by atoms with Gasteiger partial charge in [0.1, 0.15) is 5.54 Å². The third-order valence-electron chi connectivity index (χ3n) is 4.25. The second kappa shape index (κ2) is 6.32. The predicted molar refractivity (Wildman–Crippen MR) is 85.3 cm³/mol. The number of rotatable bonds is 7. The monoisotopic (exact) mass is 308 g/mol. The van der Waals surface area contributed by atoms with Crippen LogP contribution in [-0.4, -0.2) is 33.7 Å². The van der Waals surface area contributed by atoms with E-state index in [4.69, 9.17) is 5.73 Å². The lowest BCUT2D eigenvalue weighted by molar-refractivity contribution is -0.124. The number of carbonyl (C=O) groups excluding carboxylic acids is 1. The van der Waals surface area contributed by atoms with Gasteiger partial charge in [-0.15, -0.1) is 0 Å². The minimum atomic E-state index is -0.629. The molecule has 0 radical (unpaired) electrons. The van der Waals surface area contributed by atoms with Gasteiger partial charge in [0.05, 0.1) is 0 Å². The highest BCUT2D eigenvalue weighted by Crippen LogP contribution is 2.42. The van der Waals surface area contributed by atoms with Crippen molar-refractivity contribution >= 4 is 17.7 Å². The van der Waals surface area contributed by atoms with Gasteiger partial charge in [-0.1, -0.05) is 18.7 Å². The first-order chi connectivity index (χ1) is 9.90. The van der Waals surface area contributed by atoms with Crippen LogP contribution in [0, 0.1) is 26.7 Å². The Balaban J connectivity index is 2.17. The summed E-state index contributed by atoms with van der Waals surface area (Å²) >= 11 is 1.52. The van der Waals surface area contributed by atoms with E-state index in [9.17, 15) is 4.79 Å². The number of aromatic nitrogens is 2. The van der Waals surface area contributed by atoms with Gasteiger partial charge in [0.25, 0.3) is 0 Å². The molecule has 0 aliphatic heterocycles. The number of hydrogen-bond donors (Lipinski definition) is 2. The smallest absolute Gasteiger partial charge is 0.238 e. The molecule has 1 aliphatic rings. The largest absolute Gasteiger partial charge is 0.368 e. The number of hydrogen-bond acceptors (Lipinski definition) is 5. The zero-order valence-corrected chi connectivity index (χ0v) is 14.0. The van der Waals surface area contributed by atoms with Crippen molar-refractivity contribution in [3.8, 4) is 0 Å². The first-order valence-electron chi connectivity index (χ1n) is 7.40. The molecule has 1 atom stereocenters. The fraction of sp³-hybridized carbons (Fsp3) is 0.667. The highest BCUT2D eigenvalue weighted by molar-refractivity contribution is 7.99. The van der Waals surface area contributed by atoms with E-state index in [1.54, 1.807) is 0 Å². The Morgan fingerprint density at radius 2 is 1.90 bits per heavy atom. The number of nitrogens with one attached hydrogen (secondary N) is 1. The second-order valence-electron chi connectivity index (χ2n) is 5.73. The molecule has 1 unspecified atom stereocenters. The minimum absolute atomic E-state index is 0.264. The summed E-state index contributed by atoms with van der Waals surface area (Å²) in [6.45, 7) is 8.73. The molecular formula is C15H24N4OS. The van der Waals surface area contributed by atoms with E-state index < -0.39 is 5.54 Å². The summed E-state index contributed by atoms with van der Waals surface area (Å²) in [5, 5.41) is 4.04. The Bertz CT molecular complexity index is 521. The summed E-state index contributed by atoms with van der Waals surface area (Å²) in [6, 6.07) is 0. The Kier molecular flexibility index (Phi) is 4.88. The minimum Gasteiger partial charge on any atom is -0.368 e. The van der Waals surface area contributed by atoms with Crippen LogP contribution in [0.3, 0.4) is 0 Å². The average Bonchev–Trinajstić information content (AvgIpc) is 3.25. The van der Waals surface area contributed by atoms with Crippen LogP contribution in [0.5, 0.6) is 0 Å². The maximum Gasteiger partial charge on any atom is 0.238 e. The van der Waals surface area contributed by atoms with E-state index in [1.807, 2.05) is 27.7 Å². The molecule has 0 spiro atoms. The molecule has 1 saturated carbocycles. The molecule has 21 heavy (non-hydrogen) atoms. The topological polar surface area (TPSA) is 80.9 Å². The van der Waals surface area contributed by atoms with E-state index in [0.717, 1.165) is 41.5 Å². The van der Waals surface area contributed by atoms with Crippen LogP contribution in [0.15, 0.2) is 5.16 Å². The van der Waals surface area contributed by atoms with E-state index in [2.05, 4.69) is 15.3 Å². The lowest BCUT2D eigenvalue weighted by Gasteiger charge is -2.31. The van der Waals surface area contributed by atoms with Crippen LogP contribution < -0.4 is 11.1 Å². The second-order valence-corrected chi connectivity index (χ2v) is 6.67. The SMILES string of the molecule is CCNC(CSc1nc(C)c(C)c(C)n1)(C(N)=O)C1CC1. The molecule has 2 rings (SSSR count). The van der Waals surface area contributed by atoms with Crippen molar-refractivity contribution in [2.75, 3.05) is 12.3 Å². The molecule has 116 valence electrons. The molecule has 1 fully saturated rings. The molecule has 0 bridgehead atoms. The van der Waals surface area contributed by atoms with Crippen molar-refractivity contribution in [2.45, 2.75) is 51.2 Å². The molecule has 3 N–H and O–H groups in total. The van der Waals surface area contributed by atoms with Gasteiger partial charge in [0.2, 0.25) is 5.91 Å². The van der Waals surface area contributed by atoms with Gasteiger partial charge in [-0.25, -0.2) is 9.97 Å². The number of nitrogens with zero attached hydrogens (tertiary/aromatic N) is 2. The molecule has 6 heteroatoms. The first-order valence-corrected chi connectivity index (χ1v) is 8.39. The normalized spacial score (nSPS) is 17.5. The number of primary amides is 1. The van der Waals surface area contributed by atoms with E-state index in [0.29, 0.717) is 11.7 Å². The summed E-state index contributed by atoms with van der Waals surface area (Å²) in [5.41, 5.74) is 8.16. The quantitative estimate of drug-likeness (QED) is 0.592. The van der Waals surface area contributed by atoms with Gasteiger partial charge in [-0.2, -0.15) is 0 Å².